The quantitative estimate of drug-likeness (QED) is 0.529. The number of nitro benzene ring substituents is 1. The fraction of sp³-hybridized carbons (Fsp3) is 0. The molecule has 0 radical (unpaired) electrons. The zero-order valence-electron chi connectivity index (χ0n) is 10.1. The third-order valence-corrected chi connectivity index (χ3v) is 2.43. The number of halogens is 2. The van der Waals surface area contributed by atoms with Crippen molar-refractivity contribution in [2.75, 3.05) is 5.43 Å². The number of hydrogen-bond donors (Lipinski definition) is 1. The van der Waals surface area contributed by atoms with Crippen LogP contribution in [0.1, 0.15) is 5.56 Å². The number of rotatable bonds is 4. The van der Waals surface area contributed by atoms with Gasteiger partial charge in [0.15, 0.2) is 0 Å². The zero-order chi connectivity index (χ0) is 14.5. The highest BCUT2D eigenvalue weighted by Crippen LogP contribution is 2.21. The molecule has 0 aliphatic carbocycles. The maximum Gasteiger partial charge on any atom is 0.284 e. The highest BCUT2D eigenvalue weighted by Gasteiger charge is 2.18. The Morgan fingerprint density at radius 2 is 1.90 bits per heavy atom. The molecule has 0 saturated carbocycles. The molecule has 0 fully saturated rings. The first-order valence-electron chi connectivity index (χ1n) is 5.55. The summed E-state index contributed by atoms with van der Waals surface area (Å²) in [6.07, 6.45) is 0.944. The largest absolute Gasteiger partial charge is 0.284 e. The van der Waals surface area contributed by atoms with Gasteiger partial charge in [-0.1, -0.05) is 18.2 Å². The van der Waals surface area contributed by atoms with Crippen LogP contribution < -0.4 is 5.43 Å². The lowest BCUT2D eigenvalue weighted by Crippen LogP contribution is -2.01. The molecule has 0 aliphatic heterocycles. The second-order valence-corrected chi connectivity index (χ2v) is 3.81. The number of hydrogen-bond acceptors (Lipinski definition) is 4. The molecule has 0 bridgehead atoms. The maximum atomic E-state index is 13.5. The molecule has 2 aromatic rings. The average Bonchev–Trinajstić information content (AvgIpc) is 2.41. The number of nitro groups is 1. The van der Waals surface area contributed by atoms with Gasteiger partial charge in [-0.2, -0.15) is 5.10 Å². The fourth-order valence-electron chi connectivity index (χ4n) is 1.53. The summed E-state index contributed by atoms with van der Waals surface area (Å²) in [5.41, 5.74) is 2.15. The van der Waals surface area contributed by atoms with Gasteiger partial charge in [-0.15, -0.1) is 0 Å². The summed E-state index contributed by atoms with van der Waals surface area (Å²) in [5, 5.41) is 14.5. The van der Waals surface area contributed by atoms with Crippen LogP contribution >= 0.6 is 0 Å². The summed E-state index contributed by atoms with van der Waals surface area (Å²) in [4.78, 5) is 9.88. The molecule has 0 heterocycles. The minimum Gasteiger partial charge on any atom is -0.278 e. The summed E-state index contributed by atoms with van der Waals surface area (Å²) in [6.45, 7) is 0. The molecule has 5 nitrogen and oxygen atoms in total. The van der Waals surface area contributed by atoms with Crippen LogP contribution in [0.3, 0.4) is 0 Å². The lowest BCUT2D eigenvalue weighted by molar-refractivity contribution is -0.385. The molecule has 20 heavy (non-hydrogen) atoms. The van der Waals surface area contributed by atoms with Crippen molar-refractivity contribution in [3.63, 3.8) is 0 Å². The number of anilines is 1. The summed E-state index contributed by atoms with van der Waals surface area (Å²) in [6, 6.07) is 9.97. The van der Waals surface area contributed by atoms with Gasteiger partial charge >= 0.3 is 0 Å². The van der Waals surface area contributed by atoms with E-state index in [-0.39, 0.29) is 5.56 Å². The molecule has 2 rings (SSSR count). The summed E-state index contributed by atoms with van der Waals surface area (Å²) >= 11 is 0. The van der Waals surface area contributed by atoms with Crippen LogP contribution in [0.2, 0.25) is 0 Å². The van der Waals surface area contributed by atoms with Crippen molar-refractivity contribution < 1.29 is 13.7 Å². The summed E-state index contributed by atoms with van der Waals surface area (Å²) in [7, 11) is 0. The van der Waals surface area contributed by atoms with Crippen molar-refractivity contribution in [3.05, 3.63) is 69.8 Å². The van der Waals surface area contributed by atoms with Gasteiger partial charge in [-0.3, -0.25) is 15.5 Å². The van der Waals surface area contributed by atoms with Crippen molar-refractivity contribution in [2.24, 2.45) is 5.10 Å². The van der Waals surface area contributed by atoms with Crippen molar-refractivity contribution in [1.82, 2.24) is 0 Å². The van der Waals surface area contributed by atoms with Gasteiger partial charge in [0.2, 0.25) is 0 Å². The fourth-order valence-corrected chi connectivity index (χ4v) is 1.53. The third-order valence-electron chi connectivity index (χ3n) is 2.43. The highest BCUT2D eigenvalue weighted by atomic mass is 19.1. The monoisotopic (exact) mass is 277 g/mol. The molecule has 0 spiro atoms. The lowest BCUT2D eigenvalue weighted by atomic mass is 10.2. The molecule has 2 aromatic carbocycles. The second kappa shape index (κ2) is 5.87. The van der Waals surface area contributed by atoms with Crippen LogP contribution in [0.25, 0.3) is 0 Å². The van der Waals surface area contributed by atoms with E-state index in [1.165, 1.54) is 0 Å². The molecule has 1 N–H and O–H groups in total. The van der Waals surface area contributed by atoms with Gasteiger partial charge in [0, 0.05) is 6.07 Å². The lowest BCUT2D eigenvalue weighted by Gasteiger charge is -2.01. The van der Waals surface area contributed by atoms with Gasteiger partial charge in [0.25, 0.3) is 5.69 Å². The average molecular weight is 277 g/mol. The SMILES string of the molecule is O=[N+]([O-])c1cc(F)cc(F)c1C=NNc1ccccc1. The van der Waals surface area contributed by atoms with Crippen LogP contribution in [-0.2, 0) is 0 Å². The van der Waals surface area contributed by atoms with Gasteiger partial charge in [-0.25, -0.2) is 8.78 Å². The van der Waals surface area contributed by atoms with Gasteiger partial charge < -0.3 is 0 Å². The number of nitrogens with one attached hydrogen (secondary N) is 1. The molecule has 0 unspecified atom stereocenters. The summed E-state index contributed by atoms with van der Waals surface area (Å²) < 4.78 is 26.5. The normalized spacial score (nSPS) is 10.7. The van der Waals surface area contributed by atoms with Crippen LogP contribution in [0.5, 0.6) is 0 Å². The molecule has 7 heteroatoms. The predicted molar refractivity (Wildman–Crippen MR) is 70.7 cm³/mol. The number of benzene rings is 2. The van der Waals surface area contributed by atoms with Gasteiger partial charge in [0.1, 0.15) is 17.2 Å². The van der Waals surface area contributed by atoms with E-state index >= 15 is 0 Å². The Balaban J connectivity index is 2.27. The first kappa shape index (κ1) is 13.6. The second-order valence-electron chi connectivity index (χ2n) is 3.81. The molecule has 102 valence electrons. The Hall–Kier alpha value is -2.83. The third kappa shape index (κ3) is 3.14. The van der Waals surface area contributed by atoms with E-state index in [1.807, 2.05) is 0 Å². The van der Waals surface area contributed by atoms with Crippen molar-refractivity contribution >= 4 is 17.6 Å². The van der Waals surface area contributed by atoms with Crippen LogP contribution in [-0.4, -0.2) is 11.1 Å². The maximum absolute atomic E-state index is 13.5. The number of nitrogens with zero attached hydrogens (tertiary/aromatic N) is 2. The summed E-state index contributed by atoms with van der Waals surface area (Å²) in [5.74, 6) is -2.06. The highest BCUT2D eigenvalue weighted by molar-refractivity contribution is 5.86. The number of para-hydroxylation sites is 1. The molecular weight excluding hydrogens is 268 g/mol. The molecule has 0 aliphatic rings. The minimum absolute atomic E-state index is 0.389. The van der Waals surface area contributed by atoms with Crippen molar-refractivity contribution in [1.29, 1.82) is 0 Å². The first-order chi connectivity index (χ1) is 9.58. The smallest absolute Gasteiger partial charge is 0.278 e. The Labute approximate surface area is 112 Å². The predicted octanol–water partition coefficient (Wildman–Crippen LogP) is 3.32. The van der Waals surface area contributed by atoms with Gasteiger partial charge in [0.05, 0.1) is 22.9 Å². The topological polar surface area (TPSA) is 67.5 Å². The van der Waals surface area contributed by atoms with Crippen molar-refractivity contribution in [2.45, 2.75) is 0 Å². The van der Waals surface area contributed by atoms with Crippen LogP contribution in [0, 0.1) is 21.7 Å². The zero-order valence-corrected chi connectivity index (χ0v) is 10.1. The van der Waals surface area contributed by atoms with E-state index in [9.17, 15) is 18.9 Å². The molecule has 0 aromatic heterocycles. The van der Waals surface area contributed by atoms with Gasteiger partial charge in [-0.05, 0) is 12.1 Å². The van der Waals surface area contributed by atoms with E-state index in [1.54, 1.807) is 30.3 Å². The number of hydrazone groups is 1. The molecular formula is C13H9F2N3O2. The Morgan fingerprint density at radius 1 is 1.20 bits per heavy atom. The molecule has 0 saturated heterocycles. The Kier molecular flexibility index (Phi) is 3.99. The van der Waals surface area contributed by atoms with E-state index in [4.69, 9.17) is 0 Å². The molecule has 0 atom stereocenters. The van der Waals surface area contributed by atoms with Crippen LogP contribution in [0.4, 0.5) is 20.2 Å². The van der Waals surface area contributed by atoms with Crippen molar-refractivity contribution in [3.8, 4) is 0 Å². The van der Waals surface area contributed by atoms with E-state index in [0.717, 1.165) is 6.21 Å². The Bertz CT molecular complexity index is 660. The van der Waals surface area contributed by atoms with Crippen LogP contribution in [0.15, 0.2) is 47.6 Å². The molecule has 0 amide bonds. The van der Waals surface area contributed by atoms with E-state index in [0.29, 0.717) is 17.8 Å². The Morgan fingerprint density at radius 3 is 2.55 bits per heavy atom. The van der Waals surface area contributed by atoms with E-state index < -0.39 is 22.2 Å². The van der Waals surface area contributed by atoms with E-state index in [2.05, 4.69) is 10.5 Å². The first-order valence-corrected chi connectivity index (χ1v) is 5.55. The standard InChI is InChI=1S/C13H9F2N3O2/c14-9-6-12(15)11(13(7-9)18(19)20)8-16-17-10-4-2-1-3-5-10/h1-8,17H. The minimum atomic E-state index is -1.05.